The van der Waals surface area contributed by atoms with Crippen molar-refractivity contribution in [2.24, 2.45) is 17.3 Å². The zero-order chi connectivity index (χ0) is 14.2. The molecule has 0 aromatic rings. The number of carboxylic acids is 1. The Labute approximate surface area is 114 Å². The van der Waals surface area contributed by atoms with Crippen molar-refractivity contribution < 1.29 is 14.7 Å². The fraction of sp³-hybridized carbons (Fsp3) is 0.857. The molecular weight excluding hydrogens is 244 g/mol. The van der Waals surface area contributed by atoms with Gasteiger partial charge < -0.3 is 15.3 Å². The highest BCUT2D eigenvalue weighted by atomic mass is 16.4. The van der Waals surface area contributed by atoms with Crippen LogP contribution in [-0.4, -0.2) is 41.1 Å². The number of urea groups is 1. The molecule has 108 valence electrons. The Morgan fingerprint density at radius 3 is 2.47 bits per heavy atom. The van der Waals surface area contributed by atoms with Crippen LogP contribution >= 0.6 is 0 Å². The number of amides is 2. The smallest absolute Gasteiger partial charge is 0.317 e. The van der Waals surface area contributed by atoms with Gasteiger partial charge in [-0.2, -0.15) is 0 Å². The average molecular weight is 268 g/mol. The summed E-state index contributed by atoms with van der Waals surface area (Å²) >= 11 is 0. The first-order valence-electron chi connectivity index (χ1n) is 7.07. The van der Waals surface area contributed by atoms with Crippen LogP contribution < -0.4 is 5.32 Å². The monoisotopic (exact) mass is 268 g/mol. The van der Waals surface area contributed by atoms with Gasteiger partial charge in [-0.15, -0.1) is 0 Å². The SMILES string of the molecule is CC1CN(C(=O)NC2CCC(C)(C)C2)CC1C(=O)O. The third-order valence-corrected chi connectivity index (χ3v) is 4.51. The Morgan fingerprint density at radius 2 is 2.00 bits per heavy atom. The normalized spacial score (nSPS) is 33.4. The molecule has 1 aliphatic carbocycles. The summed E-state index contributed by atoms with van der Waals surface area (Å²) < 4.78 is 0. The molecule has 2 aliphatic rings. The van der Waals surface area contributed by atoms with Crippen molar-refractivity contribution in [3.8, 4) is 0 Å². The zero-order valence-electron chi connectivity index (χ0n) is 12.0. The lowest BCUT2D eigenvalue weighted by molar-refractivity contribution is -0.142. The maximum Gasteiger partial charge on any atom is 0.317 e. The molecular formula is C14H24N2O3. The van der Waals surface area contributed by atoms with Crippen LogP contribution in [0.5, 0.6) is 0 Å². The Hall–Kier alpha value is -1.26. The summed E-state index contributed by atoms with van der Waals surface area (Å²) in [5.74, 6) is -1.20. The van der Waals surface area contributed by atoms with Crippen LogP contribution in [-0.2, 0) is 4.79 Å². The maximum absolute atomic E-state index is 12.1. The lowest BCUT2D eigenvalue weighted by Gasteiger charge is -2.22. The van der Waals surface area contributed by atoms with Crippen LogP contribution in [0.1, 0.15) is 40.0 Å². The third-order valence-electron chi connectivity index (χ3n) is 4.51. The molecule has 0 radical (unpaired) electrons. The summed E-state index contributed by atoms with van der Waals surface area (Å²) in [5.41, 5.74) is 0.305. The van der Waals surface area contributed by atoms with Gasteiger partial charge in [-0.3, -0.25) is 4.79 Å². The van der Waals surface area contributed by atoms with E-state index < -0.39 is 11.9 Å². The van der Waals surface area contributed by atoms with E-state index in [-0.39, 0.29) is 18.0 Å². The molecule has 19 heavy (non-hydrogen) atoms. The first kappa shape index (κ1) is 14.2. The van der Waals surface area contributed by atoms with Gasteiger partial charge in [0, 0.05) is 19.1 Å². The molecule has 2 fully saturated rings. The lowest BCUT2D eigenvalue weighted by atomic mass is 9.92. The first-order chi connectivity index (χ1) is 8.78. The lowest BCUT2D eigenvalue weighted by Crippen LogP contribution is -2.43. The predicted octanol–water partition coefficient (Wildman–Crippen LogP) is 1.93. The Morgan fingerprint density at radius 1 is 1.32 bits per heavy atom. The number of rotatable bonds is 2. The van der Waals surface area contributed by atoms with Crippen LogP contribution in [0.4, 0.5) is 4.79 Å². The molecule has 1 aliphatic heterocycles. The molecule has 0 aromatic heterocycles. The van der Waals surface area contributed by atoms with Crippen molar-refractivity contribution in [3.63, 3.8) is 0 Å². The van der Waals surface area contributed by atoms with E-state index in [1.54, 1.807) is 4.90 Å². The number of hydrogen-bond acceptors (Lipinski definition) is 2. The quantitative estimate of drug-likeness (QED) is 0.804. The highest BCUT2D eigenvalue weighted by molar-refractivity contribution is 5.77. The Bertz CT molecular complexity index is 381. The van der Waals surface area contributed by atoms with E-state index >= 15 is 0 Å². The number of likely N-dealkylation sites (tertiary alicyclic amines) is 1. The minimum absolute atomic E-state index is 0.0308. The van der Waals surface area contributed by atoms with Crippen molar-refractivity contribution in [1.82, 2.24) is 10.2 Å². The van der Waals surface area contributed by atoms with E-state index in [4.69, 9.17) is 5.11 Å². The second-order valence-corrected chi connectivity index (χ2v) is 6.88. The number of hydrogen-bond donors (Lipinski definition) is 2. The van der Waals surface area contributed by atoms with Gasteiger partial charge in [-0.1, -0.05) is 20.8 Å². The number of aliphatic carboxylic acids is 1. The summed E-state index contributed by atoms with van der Waals surface area (Å²) in [6.45, 7) is 7.21. The highest BCUT2D eigenvalue weighted by Crippen LogP contribution is 2.37. The van der Waals surface area contributed by atoms with Crippen molar-refractivity contribution in [3.05, 3.63) is 0 Å². The van der Waals surface area contributed by atoms with Crippen LogP contribution in [0, 0.1) is 17.3 Å². The van der Waals surface area contributed by atoms with Crippen molar-refractivity contribution in [2.75, 3.05) is 13.1 Å². The van der Waals surface area contributed by atoms with E-state index in [1.807, 2.05) is 6.92 Å². The fourth-order valence-electron chi connectivity index (χ4n) is 3.28. The molecule has 2 rings (SSSR count). The largest absolute Gasteiger partial charge is 0.481 e. The van der Waals surface area contributed by atoms with Gasteiger partial charge in [0.1, 0.15) is 0 Å². The Balaban J connectivity index is 1.87. The minimum atomic E-state index is -0.801. The molecule has 5 heteroatoms. The zero-order valence-corrected chi connectivity index (χ0v) is 12.0. The fourth-order valence-corrected chi connectivity index (χ4v) is 3.28. The van der Waals surface area contributed by atoms with Gasteiger partial charge in [0.2, 0.25) is 0 Å². The van der Waals surface area contributed by atoms with E-state index in [0.29, 0.717) is 18.5 Å². The standard InChI is InChI=1S/C14H24N2O3/c1-9-7-16(8-11(9)12(17)18)13(19)15-10-4-5-14(2,3)6-10/h9-11H,4-8H2,1-3H3,(H,15,19)(H,17,18). The average Bonchev–Trinajstić information content (AvgIpc) is 2.82. The molecule has 1 saturated carbocycles. The molecule has 3 unspecified atom stereocenters. The first-order valence-corrected chi connectivity index (χ1v) is 7.07. The summed E-state index contributed by atoms with van der Waals surface area (Å²) in [6.07, 6.45) is 3.15. The number of nitrogens with one attached hydrogen (secondary N) is 1. The van der Waals surface area contributed by atoms with E-state index in [0.717, 1.165) is 19.3 Å². The van der Waals surface area contributed by atoms with Gasteiger partial charge in [0.05, 0.1) is 5.92 Å². The molecule has 2 N–H and O–H groups in total. The van der Waals surface area contributed by atoms with Crippen LogP contribution in [0.25, 0.3) is 0 Å². The molecule has 0 bridgehead atoms. The highest BCUT2D eigenvalue weighted by Gasteiger charge is 2.38. The molecule has 0 aromatic carbocycles. The summed E-state index contributed by atoms with van der Waals surface area (Å²) in [6, 6.07) is 0.139. The summed E-state index contributed by atoms with van der Waals surface area (Å²) in [5, 5.41) is 12.1. The molecule has 1 heterocycles. The number of carboxylic acid groups (broad SMARTS) is 1. The van der Waals surface area contributed by atoms with Crippen LogP contribution in [0.3, 0.4) is 0 Å². The predicted molar refractivity (Wildman–Crippen MR) is 71.8 cm³/mol. The molecule has 3 atom stereocenters. The van der Waals surface area contributed by atoms with Gasteiger partial charge in [-0.25, -0.2) is 4.79 Å². The van der Waals surface area contributed by atoms with E-state index in [9.17, 15) is 9.59 Å². The van der Waals surface area contributed by atoms with E-state index in [1.165, 1.54) is 0 Å². The topological polar surface area (TPSA) is 69.6 Å². The number of nitrogens with zero attached hydrogens (tertiary/aromatic N) is 1. The van der Waals surface area contributed by atoms with Crippen molar-refractivity contribution in [2.45, 2.75) is 46.1 Å². The Kier molecular flexibility index (Phi) is 3.74. The third kappa shape index (κ3) is 3.19. The molecule has 1 saturated heterocycles. The van der Waals surface area contributed by atoms with Crippen LogP contribution in [0.15, 0.2) is 0 Å². The van der Waals surface area contributed by atoms with Crippen molar-refractivity contribution in [1.29, 1.82) is 0 Å². The minimum Gasteiger partial charge on any atom is -0.481 e. The van der Waals surface area contributed by atoms with Gasteiger partial charge in [0.15, 0.2) is 0 Å². The molecule has 0 spiro atoms. The number of carbonyl (C=O) groups excluding carboxylic acids is 1. The van der Waals surface area contributed by atoms with Crippen molar-refractivity contribution >= 4 is 12.0 Å². The second kappa shape index (κ2) is 5.02. The maximum atomic E-state index is 12.1. The second-order valence-electron chi connectivity index (χ2n) is 6.88. The molecule has 2 amide bonds. The van der Waals surface area contributed by atoms with E-state index in [2.05, 4.69) is 19.2 Å². The van der Waals surface area contributed by atoms with Crippen LogP contribution in [0.2, 0.25) is 0 Å². The summed E-state index contributed by atoms with van der Waals surface area (Å²) in [7, 11) is 0. The molecule has 5 nitrogen and oxygen atoms in total. The van der Waals surface area contributed by atoms with Gasteiger partial charge >= 0.3 is 12.0 Å². The number of carbonyl (C=O) groups is 2. The van der Waals surface area contributed by atoms with Gasteiger partial charge in [0.25, 0.3) is 0 Å². The summed E-state index contributed by atoms with van der Waals surface area (Å²) in [4.78, 5) is 24.8. The van der Waals surface area contributed by atoms with Gasteiger partial charge in [-0.05, 0) is 30.6 Å².